The van der Waals surface area contributed by atoms with Gasteiger partial charge in [-0.15, -0.1) is 0 Å². The fraction of sp³-hybridized carbons (Fsp3) is 0.300. The Balaban J connectivity index is 1.91. The predicted octanol–water partition coefficient (Wildman–Crippen LogP) is 3.20. The zero-order valence-electron chi connectivity index (χ0n) is 15.2. The van der Waals surface area contributed by atoms with E-state index in [-0.39, 0.29) is 18.4 Å². The summed E-state index contributed by atoms with van der Waals surface area (Å²) in [6.07, 6.45) is 0. The van der Waals surface area contributed by atoms with Crippen molar-refractivity contribution in [1.29, 1.82) is 0 Å². The molecule has 2 rings (SSSR count). The van der Waals surface area contributed by atoms with Crippen molar-refractivity contribution in [2.75, 3.05) is 24.2 Å². The summed E-state index contributed by atoms with van der Waals surface area (Å²) in [7, 11) is 1.76. The number of carbonyl (C=O) groups excluding carboxylic acids is 2. The van der Waals surface area contributed by atoms with Crippen LogP contribution in [0.3, 0.4) is 0 Å². The Morgan fingerprint density at radius 3 is 2.36 bits per heavy atom. The number of likely N-dealkylation sites (N-methyl/N-ethyl adjacent to an activating group) is 1. The molecule has 0 aliphatic heterocycles. The molecule has 2 amide bonds. The highest BCUT2D eigenvalue weighted by atomic mass is 16.2. The lowest BCUT2D eigenvalue weighted by molar-refractivity contribution is -0.122. The highest BCUT2D eigenvalue weighted by Gasteiger charge is 2.20. The maximum Gasteiger partial charge on any atom is 0.241 e. The Morgan fingerprint density at radius 2 is 1.68 bits per heavy atom. The fourth-order valence-corrected chi connectivity index (χ4v) is 2.41. The summed E-state index contributed by atoms with van der Waals surface area (Å²) in [6.45, 7) is 5.90. The van der Waals surface area contributed by atoms with Gasteiger partial charge in [0.15, 0.2) is 0 Å². The minimum atomic E-state index is -0.426. The normalized spacial score (nSPS) is 11.9. The zero-order chi connectivity index (χ0) is 18.4. The molecule has 0 aromatic heterocycles. The lowest BCUT2D eigenvalue weighted by Gasteiger charge is -2.23. The van der Waals surface area contributed by atoms with Crippen molar-refractivity contribution in [3.8, 4) is 0 Å². The van der Waals surface area contributed by atoms with E-state index in [1.165, 1.54) is 0 Å². The first kappa shape index (κ1) is 18.7. The van der Waals surface area contributed by atoms with Crippen molar-refractivity contribution < 1.29 is 9.59 Å². The second-order valence-corrected chi connectivity index (χ2v) is 6.24. The van der Waals surface area contributed by atoms with Crippen molar-refractivity contribution in [3.05, 3.63) is 59.7 Å². The number of rotatable bonds is 6. The molecule has 0 saturated carbocycles. The standard InChI is InChI=1S/C20H25N3O2/c1-14-9-8-12-18(15(14)2)22-19(24)13-23(4)16(3)20(25)21-17-10-6-5-7-11-17/h5-12,16H,13H2,1-4H3,(H,21,25)(H,22,24). The second-order valence-electron chi connectivity index (χ2n) is 6.24. The quantitative estimate of drug-likeness (QED) is 0.849. The summed E-state index contributed by atoms with van der Waals surface area (Å²) >= 11 is 0. The largest absolute Gasteiger partial charge is 0.325 e. The van der Waals surface area contributed by atoms with Crippen LogP contribution in [0.5, 0.6) is 0 Å². The van der Waals surface area contributed by atoms with Crippen LogP contribution >= 0.6 is 0 Å². The minimum Gasteiger partial charge on any atom is -0.325 e. The van der Waals surface area contributed by atoms with Crippen molar-refractivity contribution in [2.45, 2.75) is 26.8 Å². The van der Waals surface area contributed by atoms with Gasteiger partial charge in [-0.25, -0.2) is 0 Å². The highest BCUT2D eigenvalue weighted by molar-refractivity contribution is 5.96. The van der Waals surface area contributed by atoms with Crippen molar-refractivity contribution in [2.24, 2.45) is 0 Å². The van der Waals surface area contributed by atoms with Gasteiger partial charge in [-0.1, -0.05) is 30.3 Å². The molecule has 1 atom stereocenters. The molecule has 5 nitrogen and oxygen atoms in total. The van der Waals surface area contributed by atoms with E-state index in [1.807, 2.05) is 62.4 Å². The zero-order valence-corrected chi connectivity index (χ0v) is 15.2. The molecular weight excluding hydrogens is 314 g/mol. The van der Waals surface area contributed by atoms with Gasteiger partial charge in [-0.2, -0.15) is 0 Å². The summed E-state index contributed by atoms with van der Waals surface area (Å²) in [6, 6.07) is 14.7. The van der Waals surface area contributed by atoms with Gasteiger partial charge < -0.3 is 10.6 Å². The first-order chi connectivity index (χ1) is 11.9. The minimum absolute atomic E-state index is 0.136. The van der Waals surface area contributed by atoms with Gasteiger partial charge in [0.05, 0.1) is 12.6 Å². The van der Waals surface area contributed by atoms with Crippen LogP contribution in [-0.2, 0) is 9.59 Å². The molecule has 0 bridgehead atoms. The molecule has 0 fully saturated rings. The van der Waals surface area contributed by atoms with E-state index in [0.29, 0.717) is 0 Å². The van der Waals surface area contributed by atoms with Gasteiger partial charge in [0.2, 0.25) is 11.8 Å². The first-order valence-electron chi connectivity index (χ1n) is 8.30. The van der Waals surface area contributed by atoms with Crippen LogP contribution in [-0.4, -0.2) is 36.3 Å². The lowest BCUT2D eigenvalue weighted by atomic mass is 10.1. The predicted molar refractivity (Wildman–Crippen MR) is 102 cm³/mol. The lowest BCUT2D eigenvalue weighted by Crippen LogP contribution is -2.43. The number of nitrogens with one attached hydrogen (secondary N) is 2. The third-order valence-corrected chi connectivity index (χ3v) is 4.35. The maximum atomic E-state index is 12.3. The molecular formula is C20H25N3O2. The molecule has 25 heavy (non-hydrogen) atoms. The molecule has 0 aliphatic carbocycles. The van der Waals surface area contributed by atoms with Crippen molar-refractivity contribution >= 4 is 23.2 Å². The number of carbonyl (C=O) groups is 2. The molecule has 0 radical (unpaired) electrons. The van der Waals surface area contributed by atoms with Crippen LogP contribution in [0.15, 0.2) is 48.5 Å². The van der Waals surface area contributed by atoms with E-state index in [2.05, 4.69) is 10.6 Å². The van der Waals surface area contributed by atoms with Gasteiger partial charge in [-0.3, -0.25) is 14.5 Å². The molecule has 2 N–H and O–H groups in total. The molecule has 132 valence electrons. The number of para-hydroxylation sites is 1. The van der Waals surface area contributed by atoms with Gasteiger partial charge in [0.25, 0.3) is 0 Å². The van der Waals surface area contributed by atoms with Crippen LogP contribution in [0.25, 0.3) is 0 Å². The Bertz CT molecular complexity index is 744. The Hall–Kier alpha value is -2.66. The van der Waals surface area contributed by atoms with E-state index >= 15 is 0 Å². The van der Waals surface area contributed by atoms with E-state index in [4.69, 9.17) is 0 Å². The molecule has 1 unspecified atom stereocenters. The van der Waals surface area contributed by atoms with Gasteiger partial charge >= 0.3 is 0 Å². The number of benzene rings is 2. The number of amides is 2. The average molecular weight is 339 g/mol. The van der Waals surface area contributed by atoms with Crippen LogP contribution in [0, 0.1) is 13.8 Å². The third kappa shape index (κ3) is 5.16. The summed E-state index contributed by atoms with van der Waals surface area (Å²) in [5, 5.41) is 5.76. The van der Waals surface area contributed by atoms with E-state index < -0.39 is 6.04 Å². The molecule has 0 spiro atoms. The molecule has 5 heteroatoms. The van der Waals surface area contributed by atoms with Gasteiger partial charge in [0, 0.05) is 11.4 Å². The average Bonchev–Trinajstić information content (AvgIpc) is 2.59. The number of nitrogens with zero attached hydrogens (tertiary/aromatic N) is 1. The smallest absolute Gasteiger partial charge is 0.241 e. The second kappa shape index (κ2) is 8.44. The van der Waals surface area contributed by atoms with Crippen LogP contribution in [0.2, 0.25) is 0 Å². The topological polar surface area (TPSA) is 61.4 Å². The maximum absolute atomic E-state index is 12.3. The van der Waals surface area contributed by atoms with Gasteiger partial charge in [-0.05, 0) is 57.1 Å². The molecule has 0 saturated heterocycles. The molecule has 0 aliphatic rings. The van der Waals surface area contributed by atoms with Crippen molar-refractivity contribution in [1.82, 2.24) is 4.90 Å². The summed E-state index contributed by atoms with van der Waals surface area (Å²) in [4.78, 5) is 26.3. The number of anilines is 2. The van der Waals surface area contributed by atoms with E-state index in [9.17, 15) is 9.59 Å². The Kier molecular flexibility index (Phi) is 6.31. The number of hydrogen-bond acceptors (Lipinski definition) is 3. The summed E-state index contributed by atoms with van der Waals surface area (Å²) < 4.78 is 0. The van der Waals surface area contributed by atoms with Crippen molar-refractivity contribution in [3.63, 3.8) is 0 Å². The van der Waals surface area contributed by atoms with E-state index in [0.717, 1.165) is 22.5 Å². The highest BCUT2D eigenvalue weighted by Crippen LogP contribution is 2.18. The Labute approximate surface area is 149 Å². The van der Waals surface area contributed by atoms with Crippen LogP contribution in [0.4, 0.5) is 11.4 Å². The third-order valence-electron chi connectivity index (χ3n) is 4.35. The molecule has 2 aromatic carbocycles. The van der Waals surface area contributed by atoms with Crippen LogP contribution < -0.4 is 10.6 Å². The van der Waals surface area contributed by atoms with E-state index in [1.54, 1.807) is 18.9 Å². The molecule has 0 heterocycles. The molecule has 2 aromatic rings. The van der Waals surface area contributed by atoms with Gasteiger partial charge in [0.1, 0.15) is 0 Å². The Morgan fingerprint density at radius 1 is 1.00 bits per heavy atom. The number of hydrogen-bond donors (Lipinski definition) is 2. The first-order valence-corrected chi connectivity index (χ1v) is 8.30. The summed E-state index contributed by atoms with van der Waals surface area (Å²) in [5.41, 5.74) is 3.72. The fourth-order valence-electron chi connectivity index (χ4n) is 2.41. The monoisotopic (exact) mass is 339 g/mol. The number of aryl methyl sites for hydroxylation is 1. The SMILES string of the molecule is Cc1cccc(NC(=O)CN(C)C(C)C(=O)Nc2ccccc2)c1C. The summed E-state index contributed by atoms with van der Waals surface area (Å²) in [5.74, 6) is -0.288. The van der Waals surface area contributed by atoms with Crippen LogP contribution in [0.1, 0.15) is 18.1 Å².